The van der Waals surface area contributed by atoms with E-state index in [0.29, 0.717) is 25.9 Å². The van der Waals surface area contributed by atoms with Crippen molar-refractivity contribution in [2.45, 2.75) is 24.6 Å². The fourth-order valence-corrected chi connectivity index (χ4v) is 2.36. The normalized spacial score (nSPS) is 45.2. The summed E-state index contributed by atoms with van der Waals surface area (Å²) in [6, 6.07) is 0. The molecule has 3 rings (SSSR count). The van der Waals surface area contributed by atoms with Crippen molar-refractivity contribution in [1.82, 2.24) is 4.90 Å². The third kappa shape index (κ3) is 1.25. The topological polar surface area (TPSA) is 23.5 Å². The van der Waals surface area contributed by atoms with Gasteiger partial charge in [-0.15, -0.1) is 0 Å². The summed E-state index contributed by atoms with van der Waals surface area (Å²) in [5.41, 5.74) is -2.44. The Balaban J connectivity index is 2.24. The molecular formula is C8H12F3NO. The third-order valence-corrected chi connectivity index (χ3v) is 3.22. The van der Waals surface area contributed by atoms with Crippen LogP contribution < -0.4 is 0 Å². The molecule has 3 fully saturated rings. The van der Waals surface area contributed by atoms with E-state index in [-0.39, 0.29) is 6.54 Å². The van der Waals surface area contributed by atoms with Gasteiger partial charge < -0.3 is 10.0 Å². The number of rotatable bonds is 0. The standard InChI is InChI=1S/C8H12F3NO/c9-8(10,11)7(13)5-12-3-1-6(7)2-4-12/h6,13H,1-5H2. The lowest BCUT2D eigenvalue weighted by atomic mass is 9.75. The van der Waals surface area contributed by atoms with Crippen molar-refractivity contribution in [2.24, 2.45) is 5.92 Å². The summed E-state index contributed by atoms with van der Waals surface area (Å²) >= 11 is 0. The molecule has 2 bridgehead atoms. The van der Waals surface area contributed by atoms with Crippen LogP contribution in [-0.4, -0.2) is 41.4 Å². The fourth-order valence-electron chi connectivity index (χ4n) is 2.36. The van der Waals surface area contributed by atoms with E-state index >= 15 is 0 Å². The fraction of sp³-hybridized carbons (Fsp3) is 1.00. The monoisotopic (exact) mass is 195 g/mol. The van der Waals surface area contributed by atoms with Gasteiger partial charge in [0.1, 0.15) is 0 Å². The maximum atomic E-state index is 12.5. The molecule has 1 atom stereocenters. The van der Waals surface area contributed by atoms with Crippen LogP contribution in [-0.2, 0) is 0 Å². The molecule has 0 aromatic heterocycles. The van der Waals surface area contributed by atoms with Gasteiger partial charge >= 0.3 is 6.18 Å². The van der Waals surface area contributed by atoms with Crippen LogP contribution in [0.5, 0.6) is 0 Å². The van der Waals surface area contributed by atoms with Crippen LogP contribution in [0.25, 0.3) is 0 Å². The zero-order valence-corrected chi connectivity index (χ0v) is 7.14. The first kappa shape index (κ1) is 9.27. The van der Waals surface area contributed by atoms with Gasteiger partial charge in [-0.3, -0.25) is 0 Å². The van der Waals surface area contributed by atoms with E-state index < -0.39 is 17.7 Å². The Hall–Kier alpha value is -0.290. The van der Waals surface area contributed by atoms with E-state index in [1.165, 1.54) is 0 Å². The zero-order chi connectivity index (χ0) is 9.69. The molecule has 0 aromatic carbocycles. The lowest BCUT2D eigenvalue weighted by Gasteiger charge is -2.50. The summed E-state index contributed by atoms with van der Waals surface area (Å²) in [6.07, 6.45) is -3.54. The van der Waals surface area contributed by atoms with Gasteiger partial charge in [-0.2, -0.15) is 13.2 Å². The second-order valence-corrected chi connectivity index (χ2v) is 3.97. The van der Waals surface area contributed by atoms with E-state index in [4.69, 9.17) is 0 Å². The minimum Gasteiger partial charge on any atom is -0.379 e. The van der Waals surface area contributed by atoms with Gasteiger partial charge in [0, 0.05) is 12.5 Å². The first-order valence-electron chi connectivity index (χ1n) is 4.45. The van der Waals surface area contributed by atoms with Crippen LogP contribution in [0.2, 0.25) is 0 Å². The molecule has 0 aromatic rings. The van der Waals surface area contributed by atoms with Crippen molar-refractivity contribution in [3.63, 3.8) is 0 Å². The van der Waals surface area contributed by atoms with Crippen molar-refractivity contribution < 1.29 is 18.3 Å². The number of halogens is 3. The van der Waals surface area contributed by atoms with Crippen LogP contribution in [0.3, 0.4) is 0 Å². The van der Waals surface area contributed by atoms with Gasteiger partial charge in [-0.1, -0.05) is 0 Å². The lowest BCUT2D eigenvalue weighted by Crippen LogP contribution is -2.65. The van der Waals surface area contributed by atoms with Crippen molar-refractivity contribution in [3.05, 3.63) is 0 Å². The van der Waals surface area contributed by atoms with Crippen LogP contribution in [0, 0.1) is 5.92 Å². The van der Waals surface area contributed by atoms with E-state index in [9.17, 15) is 18.3 Å². The molecule has 5 heteroatoms. The Morgan fingerprint density at radius 2 is 1.77 bits per heavy atom. The average molecular weight is 195 g/mol. The average Bonchev–Trinajstić information content (AvgIpc) is 2.04. The number of aliphatic hydroxyl groups is 1. The minimum absolute atomic E-state index is 0.235. The predicted octanol–water partition coefficient (Wildman–Crippen LogP) is 1.01. The molecular weight excluding hydrogens is 183 g/mol. The Labute approximate surface area is 74.3 Å². The smallest absolute Gasteiger partial charge is 0.379 e. The molecule has 3 saturated heterocycles. The summed E-state index contributed by atoms with van der Waals surface area (Å²) in [4.78, 5) is 1.69. The summed E-state index contributed by atoms with van der Waals surface area (Å²) < 4.78 is 37.5. The van der Waals surface area contributed by atoms with Gasteiger partial charge in [0.15, 0.2) is 5.60 Å². The molecule has 76 valence electrons. The Kier molecular flexibility index (Phi) is 1.86. The Morgan fingerprint density at radius 3 is 2.00 bits per heavy atom. The highest BCUT2D eigenvalue weighted by Crippen LogP contribution is 2.45. The van der Waals surface area contributed by atoms with Gasteiger partial charge in [-0.25, -0.2) is 0 Å². The summed E-state index contributed by atoms with van der Waals surface area (Å²) in [5, 5.41) is 9.53. The molecule has 3 aliphatic rings. The number of piperidine rings is 3. The lowest BCUT2D eigenvalue weighted by molar-refractivity contribution is -0.303. The number of fused-ring (bicyclic) bond motifs is 3. The molecule has 1 N–H and O–H groups in total. The maximum Gasteiger partial charge on any atom is 0.418 e. The quantitative estimate of drug-likeness (QED) is 0.623. The van der Waals surface area contributed by atoms with E-state index in [2.05, 4.69) is 0 Å². The summed E-state index contributed by atoms with van der Waals surface area (Å²) in [5.74, 6) is -0.586. The Bertz CT molecular complexity index is 210. The minimum atomic E-state index is -4.48. The highest BCUT2D eigenvalue weighted by Gasteiger charge is 2.61. The number of hydrogen-bond donors (Lipinski definition) is 1. The van der Waals surface area contributed by atoms with Gasteiger partial charge in [0.25, 0.3) is 0 Å². The second-order valence-electron chi connectivity index (χ2n) is 3.97. The highest BCUT2D eigenvalue weighted by atomic mass is 19.4. The van der Waals surface area contributed by atoms with Crippen molar-refractivity contribution >= 4 is 0 Å². The van der Waals surface area contributed by atoms with Crippen LogP contribution in [0.15, 0.2) is 0 Å². The van der Waals surface area contributed by atoms with Crippen LogP contribution in [0.4, 0.5) is 13.2 Å². The molecule has 0 spiro atoms. The summed E-state index contributed by atoms with van der Waals surface area (Å²) in [7, 11) is 0. The van der Waals surface area contributed by atoms with E-state index in [1.54, 1.807) is 4.90 Å². The predicted molar refractivity (Wildman–Crippen MR) is 40.2 cm³/mol. The first-order valence-corrected chi connectivity index (χ1v) is 4.45. The summed E-state index contributed by atoms with van der Waals surface area (Å²) in [6.45, 7) is 1.16. The molecule has 13 heavy (non-hydrogen) atoms. The highest BCUT2D eigenvalue weighted by molar-refractivity contribution is 5.02. The Morgan fingerprint density at radius 1 is 1.23 bits per heavy atom. The third-order valence-electron chi connectivity index (χ3n) is 3.22. The van der Waals surface area contributed by atoms with Crippen LogP contribution in [0.1, 0.15) is 12.8 Å². The first-order chi connectivity index (χ1) is 5.93. The molecule has 0 saturated carbocycles. The number of hydrogen-bond acceptors (Lipinski definition) is 2. The van der Waals surface area contributed by atoms with Gasteiger partial charge in [0.05, 0.1) is 0 Å². The van der Waals surface area contributed by atoms with Gasteiger partial charge in [-0.05, 0) is 25.9 Å². The van der Waals surface area contributed by atoms with E-state index in [0.717, 1.165) is 0 Å². The number of alkyl halides is 3. The van der Waals surface area contributed by atoms with Crippen LogP contribution >= 0.6 is 0 Å². The van der Waals surface area contributed by atoms with E-state index in [1.807, 2.05) is 0 Å². The molecule has 2 nitrogen and oxygen atoms in total. The zero-order valence-electron chi connectivity index (χ0n) is 7.14. The van der Waals surface area contributed by atoms with Gasteiger partial charge in [0.2, 0.25) is 0 Å². The molecule has 3 aliphatic heterocycles. The maximum absolute atomic E-state index is 12.5. The molecule has 0 radical (unpaired) electrons. The molecule has 0 aliphatic carbocycles. The SMILES string of the molecule is OC1(C(F)(F)F)CN2CCC1CC2. The largest absolute Gasteiger partial charge is 0.418 e. The van der Waals surface area contributed by atoms with Crippen molar-refractivity contribution in [2.75, 3.05) is 19.6 Å². The molecule has 1 unspecified atom stereocenters. The number of nitrogens with zero attached hydrogens (tertiary/aromatic N) is 1. The van der Waals surface area contributed by atoms with Crippen molar-refractivity contribution in [1.29, 1.82) is 0 Å². The molecule has 3 heterocycles. The molecule has 0 amide bonds. The second kappa shape index (κ2) is 2.60. The van der Waals surface area contributed by atoms with Crippen molar-refractivity contribution in [3.8, 4) is 0 Å².